The second-order valence-corrected chi connectivity index (χ2v) is 11.4. The Bertz CT molecular complexity index is 1100. The Balaban J connectivity index is 1.63. The number of hydrogen-bond donors (Lipinski definition) is 0. The molecule has 32 heavy (non-hydrogen) atoms. The van der Waals surface area contributed by atoms with Crippen LogP contribution in [-0.2, 0) is 10.2 Å². The van der Waals surface area contributed by atoms with E-state index in [2.05, 4.69) is 20.8 Å². The lowest BCUT2D eigenvalue weighted by atomic mass is 9.94. The number of hydrogen-bond acceptors (Lipinski definition) is 9. The summed E-state index contributed by atoms with van der Waals surface area (Å²) >= 11 is 5.02. The van der Waals surface area contributed by atoms with Crippen molar-refractivity contribution < 1.29 is 28.4 Å². The first-order chi connectivity index (χ1) is 15.5. The molecule has 0 radical (unpaired) electrons. The molecule has 0 aliphatic carbocycles. The van der Waals surface area contributed by atoms with E-state index in [4.69, 9.17) is 28.4 Å². The van der Waals surface area contributed by atoms with Crippen LogP contribution >= 0.6 is 34.0 Å². The van der Waals surface area contributed by atoms with Gasteiger partial charge in [-0.3, -0.25) is 0 Å². The van der Waals surface area contributed by atoms with Crippen LogP contribution in [0, 0.1) is 0 Å². The van der Waals surface area contributed by atoms with E-state index < -0.39 is 0 Å². The molecule has 0 saturated carbocycles. The average Bonchev–Trinajstić information content (AvgIpc) is 3.48. The monoisotopic (exact) mass is 494 g/mol. The van der Waals surface area contributed by atoms with Crippen molar-refractivity contribution in [3.63, 3.8) is 0 Å². The minimum absolute atomic E-state index is 0.0542. The van der Waals surface area contributed by atoms with E-state index >= 15 is 0 Å². The number of ether oxygens (including phenoxy) is 6. The molecule has 5 heterocycles. The zero-order valence-corrected chi connectivity index (χ0v) is 21.0. The summed E-state index contributed by atoms with van der Waals surface area (Å²) in [6.45, 7) is 9.79. The lowest BCUT2D eigenvalue weighted by Crippen LogP contribution is -2.18. The van der Waals surface area contributed by atoms with E-state index in [-0.39, 0.29) is 5.41 Å². The van der Waals surface area contributed by atoms with Gasteiger partial charge in [0.25, 0.3) is 0 Å². The molecule has 2 aliphatic rings. The average molecular weight is 495 g/mol. The predicted octanol–water partition coefficient (Wildman–Crippen LogP) is 6.07. The van der Waals surface area contributed by atoms with Gasteiger partial charge in [-0.1, -0.05) is 20.8 Å². The molecule has 0 N–H and O–H groups in total. The van der Waals surface area contributed by atoms with Crippen LogP contribution in [0.5, 0.6) is 28.7 Å². The van der Waals surface area contributed by atoms with Gasteiger partial charge in [0.05, 0.1) is 31.0 Å². The minimum atomic E-state index is -0.0542. The zero-order chi connectivity index (χ0) is 22.3. The summed E-state index contributed by atoms with van der Waals surface area (Å²) in [6, 6.07) is 1.99. The lowest BCUT2D eigenvalue weighted by Gasteiger charge is -2.22. The van der Waals surface area contributed by atoms with Crippen LogP contribution < -0.4 is 23.7 Å². The third-order valence-corrected chi connectivity index (χ3v) is 9.02. The summed E-state index contributed by atoms with van der Waals surface area (Å²) in [5, 5.41) is 2.04. The van der Waals surface area contributed by atoms with E-state index in [1.54, 1.807) is 41.1 Å². The maximum absolute atomic E-state index is 6.15. The number of methoxy groups -OCH3 is 1. The first kappa shape index (κ1) is 21.9. The van der Waals surface area contributed by atoms with E-state index in [0.29, 0.717) is 39.6 Å². The number of rotatable bonds is 6. The molecule has 0 aromatic carbocycles. The van der Waals surface area contributed by atoms with Crippen molar-refractivity contribution in [2.45, 2.75) is 26.2 Å². The summed E-state index contributed by atoms with van der Waals surface area (Å²) in [5.74, 6) is 4.08. The van der Waals surface area contributed by atoms with Gasteiger partial charge in [-0.2, -0.15) is 0 Å². The van der Waals surface area contributed by atoms with Gasteiger partial charge in [0.2, 0.25) is 0 Å². The highest BCUT2D eigenvalue weighted by Gasteiger charge is 2.36. The Morgan fingerprint density at radius 2 is 1.34 bits per heavy atom. The van der Waals surface area contributed by atoms with E-state index in [1.165, 1.54) is 4.88 Å². The van der Waals surface area contributed by atoms with Crippen LogP contribution in [0.25, 0.3) is 19.5 Å². The van der Waals surface area contributed by atoms with Gasteiger partial charge in [0.1, 0.15) is 38.8 Å². The second-order valence-electron chi connectivity index (χ2n) is 8.44. The molecular weight excluding hydrogens is 468 g/mol. The molecule has 0 unspecified atom stereocenters. The molecule has 0 bridgehead atoms. The Hall–Kier alpha value is -1.94. The Labute approximate surface area is 199 Å². The molecule has 0 fully saturated rings. The molecule has 0 amide bonds. The maximum Gasteiger partial charge on any atom is 0.181 e. The topological polar surface area (TPSA) is 55.4 Å². The third kappa shape index (κ3) is 3.85. The maximum atomic E-state index is 6.15. The first-order valence-corrected chi connectivity index (χ1v) is 13.1. The van der Waals surface area contributed by atoms with Gasteiger partial charge >= 0.3 is 0 Å². The van der Waals surface area contributed by atoms with Crippen LogP contribution in [0.2, 0.25) is 0 Å². The highest BCUT2D eigenvalue weighted by molar-refractivity contribution is 7.27. The lowest BCUT2D eigenvalue weighted by molar-refractivity contribution is 0.147. The smallest absolute Gasteiger partial charge is 0.181 e. The van der Waals surface area contributed by atoms with Crippen molar-refractivity contribution in [1.29, 1.82) is 0 Å². The first-order valence-electron chi connectivity index (χ1n) is 10.5. The third-order valence-electron chi connectivity index (χ3n) is 5.07. The summed E-state index contributed by atoms with van der Waals surface area (Å²) in [5.41, 5.74) is -0.0542. The molecule has 0 saturated heterocycles. The molecule has 2 aliphatic heterocycles. The van der Waals surface area contributed by atoms with Gasteiger partial charge in [-0.05, 0) is 11.4 Å². The molecular formula is C23H26O6S3. The van der Waals surface area contributed by atoms with Gasteiger partial charge in [-0.25, -0.2) is 0 Å². The molecule has 3 aromatic rings. The Kier molecular flexibility index (Phi) is 6.00. The molecule has 9 heteroatoms. The van der Waals surface area contributed by atoms with E-state index in [9.17, 15) is 0 Å². The molecule has 6 nitrogen and oxygen atoms in total. The summed E-state index contributed by atoms with van der Waals surface area (Å²) in [6.07, 6.45) is 0. The van der Waals surface area contributed by atoms with Crippen LogP contribution in [0.1, 0.15) is 25.6 Å². The fourth-order valence-corrected chi connectivity index (χ4v) is 7.20. The van der Waals surface area contributed by atoms with Crippen molar-refractivity contribution in [3.05, 3.63) is 16.3 Å². The fraction of sp³-hybridized carbons (Fsp3) is 0.478. The largest absolute Gasteiger partial charge is 0.490 e. The normalized spacial score (nSPS) is 15.1. The van der Waals surface area contributed by atoms with E-state index in [0.717, 1.165) is 48.3 Å². The van der Waals surface area contributed by atoms with Crippen molar-refractivity contribution in [1.82, 2.24) is 0 Å². The summed E-state index contributed by atoms with van der Waals surface area (Å²) in [4.78, 5) is 5.31. The predicted molar refractivity (Wildman–Crippen MR) is 129 cm³/mol. The molecule has 0 spiro atoms. The van der Waals surface area contributed by atoms with Crippen molar-refractivity contribution in [3.8, 4) is 48.3 Å². The van der Waals surface area contributed by atoms with Crippen LogP contribution in [-0.4, -0.2) is 46.8 Å². The quantitative estimate of drug-likeness (QED) is 0.388. The Morgan fingerprint density at radius 1 is 0.781 bits per heavy atom. The fourth-order valence-electron chi connectivity index (χ4n) is 3.66. The minimum Gasteiger partial charge on any atom is -0.490 e. The highest BCUT2D eigenvalue weighted by Crippen LogP contribution is 2.62. The number of fused-ring (bicyclic) bond motifs is 2. The van der Waals surface area contributed by atoms with Gasteiger partial charge < -0.3 is 28.4 Å². The second kappa shape index (κ2) is 8.78. The van der Waals surface area contributed by atoms with Crippen LogP contribution in [0.4, 0.5) is 0 Å². The Morgan fingerprint density at radius 3 is 1.97 bits per heavy atom. The van der Waals surface area contributed by atoms with E-state index in [1.807, 2.05) is 11.4 Å². The molecule has 3 aromatic heterocycles. The highest BCUT2D eigenvalue weighted by atomic mass is 32.1. The summed E-state index contributed by atoms with van der Waals surface area (Å²) in [7, 11) is 1.67. The van der Waals surface area contributed by atoms with Gasteiger partial charge in [-0.15, -0.1) is 34.0 Å². The van der Waals surface area contributed by atoms with Crippen molar-refractivity contribution >= 4 is 34.0 Å². The van der Waals surface area contributed by atoms with Crippen LogP contribution in [0.3, 0.4) is 0 Å². The molecule has 172 valence electrons. The zero-order valence-electron chi connectivity index (χ0n) is 18.6. The molecule has 5 rings (SSSR count). The number of thiophene rings is 3. The summed E-state index contributed by atoms with van der Waals surface area (Å²) < 4.78 is 35.6. The van der Waals surface area contributed by atoms with Crippen LogP contribution in [0.15, 0.2) is 11.4 Å². The van der Waals surface area contributed by atoms with Crippen molar-refractivity contribution in [2.24, 2.45) is 0 Å². The SMILES string of the molecule is COCCOc1ccsc1-c1sc(-c2sc(C(C)(C)C)c3c2OCCO3)c2c1OCCO2. The van der Waals surface area contributed by atoms with Crippen molar-refractivity contribution in [2.75, 3.05) is 46.8 Å². The standard InChI is InChI=1S/C23H26O6S3/c1-23(2,3)22-17-16(28-10-11-29-17)21(32-22)20-15-14(26-8-9-27-15)19(31-20)18-13(5-12-30-18)25-7-6-24-4/h5,12H,6-11H2,1-4H3. The molecule has 0 atom stereocenters. The van der Waals surface area contributed by atoms with Gasteiger partial charge in [0.15, 0.2) is 23.0 Å². The van der Waals surface area contributed by atoms with Gasteiger partial charge in [0, 0.05) is 12.5 Å².